The summed E-state index contributed by atoms with van der Waals surface area (Å²) in [6, 6.07) is 18.3. The Morgan fingerprint density at radius 1 is 1.07 bits per heavy atom. The molecule has 1 N–H and O–H groups in total. The number of ether oxygens (including phenoxy) is 1. The van der Waals surface area contributed by atoms with Crippen LogP contribution < -0.4 is 10.1 Å². The highest BCUT2D eigenvalue weighted by Gasteiger charge is 2.22. The summed E-state index contributed by atoms with van der Waals surface area (Å²) >= 11 is 0. The molecule has 1 aliphatic heterocycles. The molecule has 0 radical (unpaired) electrons. The van der Waals surface area contributed by atoms with E-state index in [0.717, 1.165) is 56.8 Å². The molecule has 1 amide bonds. The van der Waals surface area contributed by atoms with Crippen molar-refractivity contribution in [1.29, 1.82) is 0 Å². The predicted molar refractivity (Wildman–Crippen MR) is 109 cm³/mol. The second-order valence-electron chi connectivity index (χ2n) is 7.19. The Kier molecular flexibility index (Phi) is 7.28. The molecule has 2 aromatic carbocycles. The Bertz CT molecular complexity index is 709. The molecule has 0 saturated carbocycles. The van der Waals surface area contributed by atoms with Gasteiger partial charge in [0.15, 0.2) is 6.61 Å². The maximum absolute atomic E-state index is 12.5. The molecular weight excluding hydrogens is 336 g/mol. The van der Waals surface area contributed by atoms with E-state index in [1.54, 1.807) is 0 Å². The third kappa shape index (κ3) is 5.83. The second kappa shape index (κ2) is 10.1. The summed E-state index contributed by atoms with van der Waals surface area (Å²) in [5, 5.41) is 3.41. The number of nitrogens with zero attached hydrogens (tertiary/aromatic N) is 1. The van der Waals surface area contributed by atoms with E-state index in [1.165, 1.54) is 5.56 Å². The lowest BCUT2D eigenvalue weighted by atomic mass is 9.97. The minimum atomic E-state index is 0.0893. The third-order valence-corrected chi connectivity index (χ3v) is 5.21. The number of likely N-dealkylation sites (tertiary alicyclic amines) is 1. The van der Waals surface area contributed by atoms with Crippen LogP contribution in [0.2, 0.25) is 0 Å². The summed E-state index contributed by atoms with van der Waals surface area (Å²) in [4.78, 5) is 14.5. The van der Waals surface area contributed by atoms with E-state index in [4.69, 9.17) is 4.74 Å². The molecule has 4 heteroatoms. The fourth-order valence-electron chi connectivity index (χ4n) is 3.57. The number of benzene rings is 2. The molecule has 0 spiro atoms. The van der Waals surface area contributed by atoms with Crippen LogP contribution in [-0.2, 0) is 11.2 Å². The maximum Gasteiger partial charge on any atom is 0.260 e. The van der Waals surface area contributed by atoms with Crippen LogP contribution in [0.5, 0.6) is 5.75 Å². The topological polar surface area (TPSA) is 41.6 Å². The minimum Gasteiger partial charge on any atom is -0.483 e. The van der Waals surface area contributed by atoms with Crippen molar-refractivity contribution in [2.24, 2.45) is 5.92 Å². The van der Waals surface area contributed by atoms with Gasteiger partial charge in [-0.25, -0.2) is 0 Å². The van der Waals surface area contributed by atoms with E-state index >= 15 is 0 Å². The predicted octanol–water partition coefficient (Wildman–Crippen LogP) is 3.50. The van der Waals surface area contributed by atoms with Crippen LogP contribution in [0.3, 0.4) is 0 Å². The first-order chi connectivity index (χ1) is 13.3. The average molecular weight is 367 g/mol. The van der Waals surface area contributed by atoms with Crippen molar-refractivity contribution in [1.82, 2.24) is 10.2 Å². The Balaban J connectivity index is 1.51. The van der Waals surface area contributed by atoms with Gasteiger partial charge in [0.2, 0.25) is 0 Å². The fourth-order valence-corrected chi connectivity index (χ4v) is 3.57. The number of carbonyl (C=O) groups is 1. The van der Waals surface area contributed by atoms with Crippen LogP contribution >= 0.6 is 0 Å². The van der Waals surface area contributed by atoms with Crippen molar-refractivity contribution in [3.63, 3.8) is 0 Å². The highest BCUT2D eigenvalue weighted by atomic mass is 16.5. The molecule has 0 aliphatic carbocycles. The van der Waals surface area contributed by atoms with Crippen molar-refractivity contribution in [3.05, 3.63) is 65.7 Å². The van der Waals surface area contributed by atoms with Crippen molar-refractivity contribution in [3.8, 4) is 5.75 Å². The van der Waals surface area contributed by atoms with Crippen LogP contribution in [0, 0.1) is 5.92 Å². The van der Waals surface area contributed by atoms with E-state index in [1.807, 2.05) is 41.3 Å². The summed E-state index contributed by atoms with van der Waals surface area (Å²) < 4.78 is 5.91. The molecule has 1 aliphatic rings. The molecule has 27 heavy (non-hydrogen) atoms. The summed E-state index contributed by atoms with van der Waals surface area (Å²) in [5.41, 5.74) is 2.35. The van der Waals surface area contributed by atoms with Gasteiger partial charge >= 0.3 is 0 Å². The SMILES string of the molecule is CCNCC1CCN(C(=O)COc2ccccc2Cc2ccccc2)CC1. The van der Waals surface area contributed by atoms with Gasteiger partial charge < -0.3 is 15.0 Å². The van der Waals surface area contributed by atoms with Gasteiger partial charge in [0.1, 0.15) is 5.75 Å². The number of carbonyl (C=O) groups excluding carboxylic acids is 1. The maximum atomic E-state index is 12.5. The van der Waals surface area contributed by atoms with Crippen molar-refractivity contribution in [2.75, 3.05) is 32.8 Å². The first-order valence-corrected chi connectivity index (χ1v) is 9.99. The van der Waals surface area contributed by atoms with Crippen molar-refractivity contribution >= 4 is 5.91 Å². The lowest BCUT2D eigenvalue weighted by Crippen LogP contribution is -2.42. The number of piperidine rings is 1. The van der Waals surface area contributed by atoms with Crippen LogP contribution in [0.15, 0.2) is 54.6 Å². The number of para-hydroxylation sites is 1. The standard InChI is InChI=1S/C23H30N2O2/c1-2-24-17-20-12-14-25(15-13-20)23(26)18-27-22-11-7-6-10-21(22)16-19-8-4-3-5-9-19/h3-11,20,24H,2,12-18H2,1H3. The Labute approximate surface area is 162 Å². The van der Waals surface area contributed by atoms with Crippen molar-refractivity contribution < 1.29 is 9.53 Å². The fraction of sp³-hybridized carbons (Fsp3) is 0.435. The zero-order valence-electron chi connectivity index (χ0n) is 16.2. The summed E-state index contributed by atoms with van der Waals surface area (Å²) in [7, 11) is 0. The summed E-state index contributed by atoms with van der Waals surface area (Å²) in [6.45, 7) is 5.99. The molecular formula is C23H30N2O2. The largest absolute Gasteiger partial charge is 0.483 e. The monoisotopic (exact) mass is 366 g/mol. The quantitative estimate of drug-likeness (QED) is 0.777. The van der Waals surface area contributed by atoms with E-state index < -0.39 is 0 Å². The lowest BCUT2D eigenvalue weighted by Gasteiger charge is -2.32. The number of hydrogen-bond donors (Lipinski definition) is 1. The molecule has 1 heterocycles. The lowest BCUT2D eigenvalue weighted by molar-refractivity contribution is -0.134. The van der Waals surface area contributed by atoms with Gasteiger partial charge in [-0.05, 0) is 49.0 Å². The number of nitrogens with one attached hydrogen (secondary N) is 1. The molecule has 3 rings (SSSR count). The van der Waals surface area contributed by atoms with Gasteiger partial charge in [0.25, 0.3) is 5.91 Å². The van der Waals surface area contributed by atoms with Gasteiger partial charge in [-0.2, -0.15) is 0 Å². The van der Waals surface area contributed by atoms with Crippen LogP contribution in [-0.4, -0.2) is 43.6 Å². The second-order valence-corrected chi connectivity index (χ2v) is 7.19. The molecule has 0 aromatic heterocycles. The number of hydrogen-bond acceptors (Lipinski definition) is 3. The molecule has 0 atom stereocenters. The minimum absolute atomic E-state index is 0.0893. The Morgan fingerprint density at radius 3 is 2.52 bits per heavy atom. The van der Waals surface area contributed by atoms with Gasteiger partial charge in [-0.1, -0.05) is 55.5 Å². The molecule has 2 aromatic rings. The zero-order chi connectivity index (χ0) is 18.9. The normalized spacial score (nSPS) is 14.9. The van der Waals surface area contributed by atoms with E-state index in [0.29, 0.717) is 5.92 Å². The third-order valence-electron chi connectivity index (χ3n) is 5.21. The molecule has 4 nitrogen and oxygen atoms in total. The van der Waals surface area contributed by atoms with Crippen LogP contribution in [0.4, 0.5) is 0 Å². The number of amides is 1. The smallest absolute Gasteiger partial charge is 0.260 e. The highest BCUT2D eigenvalue weighted by Crippen LogP contribution is 2.22. The average Bonchev–Trinajstić information content (AvgIpc) is 2.72. The van der Waals surface area contributed by atoms with Gasteiger partial charge in [0, 0.05) is 19.5 Å². The molecule has 1 fully saturated rings. The first-order valence-electron chi connectivity index (χ1n) is 9.99. The summed E-state index contributed by atoms with van der Waals surface area (Å²) in [5.74, 6) is 1.57. The zero-order valence-corrected chi connectivity index (χ0v) is 16.2. The van der Waals surface area contributed by atoms with Crippen LogP contribution in [0.1, 0.15) is 30.9 Å². The number of rotatable bonds is 8. The van der Waals surface area contributed by atoms with Crippen molar-refractivity contribution in [2.45, 2.75) is 26.2 Å². The summed E-state index contributed by atoms with van der Waals surface area (Å²) in [6.07, 6.45) is 2.95. The molecule has 1 saturated heterocycles. The Hall–Kier alpha value is -2.33. The van der Waals surface area contributed by atoms with Gasteiger partial charge in [-0.3, -0.25) is 4.79 Å². The Morgan fingerprint density at radius 2 is 1.78 bits per heavy atom. The first kappa shape index (κ1) is 19.4. The van der Waals surface area contributed by atoms with Crippen LogP contribution in [0.25, 0.3) is 0 Å². The molecule has 144 valence electrons. The van der Waals surface area contributed by atoms with E-state index in [9.17, 15) is 4.79 Å². The van der Waals surface area contributed by atoms with Gasteiger partial charge in [-0.15, -0.1) is 0 Å². The molecule has 0 unspecified atom stereocenters. The molecule has 0 bridgehead atoms. The highest BCUT2D eigenvalue weighted by molar-refractivity contribution is 5.77. The van der Waals surface area contributed by atoms with Gasteiger partial charge in [0.05, 0.1) is 0 Å². The van der Waals surface area contributed by atoms with E-state index in [2.05, 4.69) is 30.4 Å². The van der Waals surface area contributed by atoms with E-state index in [-0.39, 0.29) is 12.5 Å².